The van der Waals surface area contributed by atoms with Crippen LogP contribution in [-0.2, 0) is 8.92 Å². The highest BCUT2D eigenvalue weighted by atomic mass is 32.2. The Morgan fingerprint density at radius 3 is 2.53 bits per heavy atom. The second kappa shape index (κ2) is 5.94. The van der Waals surface area contributed by atoms with Gasteiger partial charge in [0, 0.05) is 6.54 Å². The van der Waals surface area contributed by atoms with Crippen LogP contribution < -0.4 is 0 Å². The van der Waals surface area contributed by atoms with Gasteiger partial charge in [0.1, 0.15) is 11.4 Å². The first-order chi connectivity index (χ1) is 8.57. The van der Waals surface area contributed by atoms with Gasteiger partial charge < -0.3 is 13.8 Å². The Hall–Kier alpha value is -1.05. The second-order valence-corrected chi connectivity index (χ2v) is 5.77. The molecular formula is C11H16F3NO3S. The standard InChI is InChI=1S/C11H16F3NO3S/c1-10(2,3)17-9(16)15-6-4-5-8(7-15)18-19-11(12,13)14/h5H,4,6-7H2,1-3H3. The minimum atomic E-state index is -4.46. The zero-order valence-corrected chi connectivity index (χ0v) is 11.7. The SMILES string of the molecule is CC(C)(C)OC(=O)N1CCC=C(OSC(F)(F)F)C1. The van der Waals surface area contributed by atoms with Crippen molar-refractivity contribution in [3.05, 3.63) is 11.8 Å². The van der Waals surface area contributed by atoms with E-state index in [1.54, 1.807) is 26.8 Å². The van der Waals surface area contributed by atoms with Gasteiger partial charge in [-0.25, -0.2) is 4.79 Å². The summed E-state index contributed by atoms with van der Waals surface area (Å²) in [5, 5.41) is 0. The number of ether oxygens (including phenoxy) is 1. The van der Waals surface area contributed by atoms with E-state index in [1.807, 2.05) is 0 Å². The maximum atomic E-state index is 12.0. The first kappa shape index (κ1) is 16.0. The van der Waals surface area contributed by atoms with Crippen LogP contribution in [0.4, 0.5) is 18.0 Å². The molecule has 0 saturated carbocycles. The number of carbonyl (C=O) groups is 1. The molecule has 1 aliphatic rings. The molecule has 0 bridgehead atoms. The highest BCUT2D eigenvalue weighted by Gasteiger charge is 2.33. The lowest BCUT2D eigenvalue weighted by atomic mass is 10.2. The zero-order valence-electron chi connectivity index (χ0n) is 10.9. The molecule has 1 heterocycles. The summed E-state index contributed by atoms with van der Waals surface area (Å²) in [5.41, 5.74) is -5.10. The average molecular weight is 299 g/mol. The Bertz CT molecular complexity index is 363. The number of alkyl halides is 3. The molecule has 1 aliphatic heterocycles. The predicted molar refractivity (Wildman–Crippen MR) is 65.2 cm³/mol. The summed E-state index contributed by atoms with van der Waals surface area (Å²) in [7, 11) is 0. The molecule has 1 amide bonds. The minimum absolute atomic E-state index is 0.0159. The molecule has 1 rings (SSSR count). The van der Waals surface area contributed by atoms with Gasteiger partial charge in [0.25, 0.3) is 0 Å². The van der Waals surface area contributed by atoms with Gasteiger partial charge in [0.2, 0.25) is 0 Å². The van der Waals surface area contributed by atoms with E-state index in [2.05, 4.69) is 4.18 Å². The number of nitrogens with zero attached hydrogens (tertiary/aromatic N) is 1. The van der Waals surface area contributed by atoms with Crippen LogP contribution in [0.1, 0.15) is 27.2 Å². The Morgan fingerprint density at radius 1 is 1.37 bits per heavy atom. The summed E-state index contributed by atoms with van der Waals surface area (Å²) >= 11 is -0.580. The summed E-state index contributed by atoms with van der Waals surface area (Å²) in [6.07, 6.45) is 1.42. The number of hydrogen-bond acceptors (Lipinski definition) is 4. The van der Waals surface area contributed by atoms with Crippen molar-refractivity contribution in [2.45, 2.75) is 38.3 Å². The Balaban J connectivity index is 2.49. The highest BCUT2D eigenvalue weighted by Crippen LogP contribution is 2.33. The van der Waals surface area contributed by atoms with Crippen molar-refractivity contribution >= 4 is 18.1 Å². The largest absolute Gasteiger partial charge is 0.479 e. The summed E-state index contributed by atoms with van der Waals surface area (Å²) in [6.45, 7) is 5.56. The summed E-state index contributed by atoms with van der Waals surface area (Å²) in [5.74, 6) is 0.111. The molecule has 0 N–H and O–H groups in total. The van der Waals surface area contributed by atoms with Crippen molar-refractivity contribution in [1.29, 1.82) is 0 Å². The van der Waals surface area contributed by atoms with Crippen LogP contribution in [0, 0.1) is 0 Å². The van der Waals surface area contributed by atoms with Gasteiger partial charge in [-0.1, -0.05) is 0 Å². The van der Waals surface area contributed by atoms with E-state index in [9.17, 15) is 18.0 Å². The average Bonchev–Trinajstić information content (AvgIpc) is 2.23. The third-order valence-electron chi connectivity index (χ3n) is 2.01. The summed E-state index contributed by atoms with van der Waals surface area (Å²) < 4.78 is 45.7. The molecule has 0 unspecified atom stereocenters. The van der Waals surface area contributed by atoms with E-state index in [1.165, 1.54) is 4.90 Å². The van der Waals surface area contributed by atoms with Gasteiger partial charge in [-0.15, -0.1) is 0 Å². The Morgan fingerprint density at radius 2 is 2.00 bits per heavy atom. The first-order valence-corrected chi connectivity index (χ1v) is 6.40. The third-order valence-corrected chi connectivity index (χ3v) is 2.50. The van der Waals surface area contributed by atoms with Crippen LogP contribution in [0.3, 0.4) is 0 Å². The molecule has 0 aromatic carbocycles. The molecule has 0 saturated heterocycles. The van der Waals surface area contributed by atoms with Crippen molar-refractivity contribution in [1.82, 2.24) is 4.90 Å². The van der Waals surface area contributed by atoms with E-state index in [4.69, 9.17) is 4.74 Å². The lowest BCUT2D eigenvalue weighted by Crippen LogP contribution is -2.40. The molecule has 110 valence electrons. The summed E-state index contributed by atoms with van der Waals surface area (Å²) in [6, 6.07) is 0. The second-order valence-electron chi connectivity index (χ2n) is 4.97. The van der Waals surface area contributed by atoms with Crippen molar-refractivity contribution in [2.75, 3.05) is 13.1 Å². The Kier molecular flexibility index (Phi) is 5.00. The molecule has 0 radical (unpaired) electrons. The molecule has 0 atom stereocenters. The fourth-order valence-corrected chi connectivity index (χ4v) is 1.68. The molecule has 8 heteroatoms. The van der Waals surface area contributed by atoms with Gasteiger partial charge in [-0.2, -0.15) is 13.2 Å². The lowest BCUT2D eigenvalue weighted by molar-refractivity contribution is -0.0386. The molecule has 4 nitrogen and oxygen atoms in total. The number of amides is 1. The van der Waals surface area contributed by atoms with Crippen LogP contribution in [0.25, 0.3) is 0 Å². The fourth-order valence-electron chi connectivity index (χ4n) is 1.36. The maximum Gasteiger partial charge on any atom is 0.479 e. The van der Waals surface area contributed by atoms with E-state index in [-0.39, 0.29) is 12.3 Å². The van der Waals surface area contributed by atoms with Crippen LogP contribution in [0.5, 0.6) is 0 Å². The molecule has 19 heavy (non-hydrogen) atoms. The topological polar surface area (TPSA) is 38.8 Å². The highest BCUT2D eigenvalue weighted by molar-refractivity contribution is 7.95. The van der Waals surface area contributed by atoms with Gasteiger partial charge in [0.15, 0.2) is 12.0 Å². The van der Waals surface area contributed by atoms with Gasteiger partial charge in [0.05, 0.1) is 6.54 Å². The number of rotatable bonds is 2. The van der Waals surface area contributed by atoms with Crippen LogP contribution >= 0.6 is 12.0 Å². The van der Waals surface area contributed by atoms with E-state index >= 15 is 0 Å². The number of carbonyl (C=O) groups excluding carboxylic acids is 1. The fraction of sp³-hybridized carbons (Fsp3) is 0.727. The smallest absolute Gasteiger partial charge is 0.444 e. The summed E-state index contributed by atoms with van der Waals surface area (Å²) in [4.78, 5) is 13.1. The molecule has 0 spiro atoms. The van der Waals surface area contributed by atoms with E-state index < -0.39 is 29.2 Å². The van der Waals surface area contributed by atoms with Crippen molar-refractivity contribution < 1.29 is 26.9 Å². The zero-order chi connectivity index (χ0) is 14.7. The third kappa shape index (κ3) is 6.60. The van der Waals surface area contributed by atoms with Crippen molar-refractivity contribution in [3.8, 4) is 0 Å². The van der Waals surface area contributed by atoms with Crippen molar-refractivity contribution in [2.24, 2.45) is 0 Å². The van der Waals surface area contributed by atoms with Crippen LogP contribution in [0.2, 0.25) is 0 Å². The molecular weight excluding hydrogens is 283 g/mol. The Labute approximate surface area is 114 Å². The number of halogens is 3. The monoisotopic (exact) mass is 299 g/mol. The normalized spacial score (nSPS) is 16.9. The lowest BCUT2D eigenvalue weighted by Gasteiger charge is -2.29. The molecule has 0 fully saturated rings. The molecule has 0 aromatic rings. The number of hydrogen-bond donors (Lipinski definition) is 0. The predicted octanol–water partition coefficient (Wildman–Crippen LogP) is 3.70. The quantitative estimate of drug-likeness (QED) is 0.729. The van der Waals surface area contributed by atoms with Gasteiger partial charge >= 0.3 is 11.6 Å². The van der Waals surface area contributed by atoms with Crippen molar-refractivity contribution in [3.63, 3.8) is 0 Å². The molecule has 0 aromatic heterocycles. The van der Waals surface area contributed by atoms with E-state index in [0.29, 0.717) is 13.0 Å². The van der Waals surface area contributed by atoms with Crippen LogP contribution in [-0.4, -0.2) is 35.2 Å². The molecule has 0 aliphatic carbocycles. The first-order valence-electron chi connectivity index (χ1n) is 5.66. The van der Waals surface area contributed by atoms with Gasteiger partial charge in [-0.05, 0) is 33.3 Å². The van der Waals surface area contributed by atoms with Crippen LogP contribution in [0.15, 0.2) is 11.8 Å². The maximum absolute atomic E-state index is 12.0. The minimum Gasteiger partial charge on any atom is -0.444 e. The van der Waals surface area contributed by atoms with Gasteiger partial charge in [-0.3, -0.25) is 0 Å². The van der Waals surface area contributed by atoms with E-state index in [0.717, 1.165) is 0 Å².